The van der Waals surface area contributed by atoms with Gasteiger partial charge in [0.15, 0.2) is 11.5 Å². The average molecular weight is 377 g/mol. The van der Waals surface area contributed by atoms with Crippen LogP contribution in [0.3, 0.4) is 0 Å². The number of para-hydroxylation sites is 1. The number of hydrogen-bond acceptors (Lipinski definition) is 5. The fourth-order valence-corrected chi connectivity index (χ4v) is 3.20. The van der Waals surface area contributed by atoms with Crippen LogP contribution in [0.2, 0.25) is 5.02 Å². The highest BCUT2D eigenvalue weighted by Gasteiger charge is 2.14. The molecule has 1 N–H and O–H groups in total. The monoisotopic (exact) mass is 376 g/mol. The van der Waals surface area contributed by atoms with Crippen molar-refractivity contribution in [2.75, 3.05) is 19.0 Å². The van der Waals surface area contributed by atoms with Crippen molar-refractivity contribution in [3.63, 3.8) is 0 Å². The summed E-state index contributed by atoms with van der Waals surface area (Å²) in [4.78, 5) is 12.9. The van der Waals surface area contributed by atoms with E-state index in [4.69, 9.17) is 21.1 Å². The first kappa shape index (κ1) is 17.6. The molecule has 0 aliphatic carbocycles. The molecular weight excluding hydrogens is 360 g/mol. The van der Waals surface area contributed by atoms with E-state index in [1.54, 1.807) is 18.0 Å². The second kappa shape index (κ2) is 8.78. The molecule has 1 aliphatic rings. The molecule has 25 heavy (non-hydrogen) atoms. The first-order valence-electron chi connectivity index (χ1n) is 7.81. The Kier molecular flexibility index (Phi) is 6.19. The topological polar surface area (TPSA) is 59.9 Å². The molecule has 7 heteroatoms. The van der Waals surface area contributed by atoms with Gasteiger partial charge in [0, 0.05) is 27.7 Å². The van der Waals surface area contributed by atoms with E-state index >= 15 is 0 Å². The van der Waals surface area contributed by atoms with Crippen molar-refractivity contribution < 1.29 is 14.3 Å². The van der Waals surface area contributed by atoms with Crippen LogP contribution in [-0.2, 0) is 4.79 Å². The lowest BCUT2D eigenvalue weighted by Gasteiger charge is -2.19. The highest BCUT2D eigenvalue weighted by Crippen LogP contribution is 2.32. The number of benzene rings is 2. The van der Waals surface area contributed by atoms with Gasteiger partial charge in [0.05, 0.1) is 6.21 Å². The summed E-state index contributed by atoms with van der Waals surface area (Å²) in [7, 11) is 0. The van der Waals surface area contributed by atoms with Gasteiger partial charge in [0.1, 0.15) is 13.2 Å². The third-order valence-electron chi connectivity index (χ3n) is 3.40. The summed E-state index contributed by atoms with van der Waals surface area (Å²) in [5, 5.41) is 4.70. The molecule has 2 aromatic rings. The quantitative estimate of drug-likeness (QED) is 0.474. The summed E-state index contributed by atoms with van der Waals surface area (Å²) in [6.07, 6.45) is 1.94. The van der Waals surface area contributed by atoms with Gasteiger partial charge in [-0.3, -0.25) is 4.79 Å². The molecule has 0 saturated heterocycles. The largest absolute Gasteiger partial charge is 0.486 e. The van der Waals surface area contributed by atoms with Crippen molar-refractivity contribution >= 4 is 35.5 Å². The minimum atomic E-state index is -0.139. The molecule has 0 bridgehead atoms. The Morgan fingerprint density at radius 1 is 1.20 bits per heavy atom. The first-order chi connectivity index (χ1) is 12.2. The number of nitrogens with one attached hydrogen (secondary N) is 1. The van der Waals surface area contributed by atoms with Crippen LogP contribution in [0.4, 0.5) is 0 Å². The van der Waals surface area contributed by atoms with Crippen LogP contribution in [-0.4, -0.2) is 31.1 Å². The number of fused-ring (bicyclic) bond motifs is 1. The number of carbonyl (C=O) groups excluding carboxylic acids is 1. The van der Waals surface area contributed by atoms with Crippen LogP contribution < -0.4 is 14.9 Å². The lowest BCUT2D eigenvalue weighted by Crippen LogP contribution is -2.19. The van der Waals surface area contributed by atoms with Crippen molar-refractivity contribution in [1.29, 1.82) is 0 Å². The Bertz CT molecular complexity index is 765. The van der Waals surface area contributed by atoms with Crippen LogP contribution in [0.15, 0.2) is 52.5 Å². The van der Waals surface area contributed by atoms with Gasteiger partial charge in [-0.2, -0.15) is 5.10 Å². The summed E-state index contributed by atoms with van der Waals surface area (Å²) in [5.41, 5.74) is 3.30. The average Bonchev–Trinajstić information content (AvgIpc) is 2.64. The van der Waals surface area contributed by atoms with Gasteiger partial charge in [-0.05, 0) is 36.4 Å². The highest BCUT2D eigenvalue weighted by atomic mass is 35.5. The van der Waals surface area contributed by atoms with Crippen molar-refractivity contribution in [2.45, 2.75) is 11.3 Å². The Hall–Kier alpha value is -2.18. The molecular formula is C18H17ClN2O3S. The molecule has 1 heterocycles. The smallest absolute Gasteiger partial charge is 0.240 e. The summed E-state index contributed by atoms with van der Waals surface area (Å²) >= 11 is 7.44. The number of amides is 1. The normalized spacial score (nSPS) is 13.0. The van der Waals surface area contributed by atoms with Crippen LogP contribution in [0.5, 0.6) is 11.5 Å². The molecule has 3 rings (SSSR count). The molecule has 130 valence electrons. The van der Waals surface area contributed by atoms with Gasteiger partial charge < -0.3 is 9.47 Å². The zero-order valence-corrected chi connectivity index (χ0v) is 15.0. The molecule has 1 amide bonds. The van der Waals surface area contributed by atoms with Crippen LogP contribution in [0.25, 0.3) is 0 Å². The molecule has 0 radical (unpaired) electrons. The summed E-state index contributed by atoms with van der Waals surface area (Å²) < 4.78 is 11.1. The van der Waals surface area contributed by atoms with Gasteiger partial charge in [-0.25, -0.2) is 5.43 Å². The highest BCUT2D eigenvalue weighted by molar-refractivity contribution is 7.99. The second-order valence-corrected chi connectivity index (χ2v) is 6.82. The lowest BCUT2D eigenvalue weighted by molar-refractivity contribution is -0.120. The van der Waals surface area contributed by atoms with Crippen molar-refractivity contribution in [3.8, 4) is 11.5 Å². The lowest BCUT2D eigenvalue weighted by atomic mass is 10.2. The van der Waals surface area contributed by atoms with Crippen molar-refractivity contribution in [2.24, 2.45) is 5.10 Å². The zero-order valence-electron chi connectivity index (χ0n) is 13.4. The number of hydrogen-bond donors (Lipinski definition) is 1. The fraction of sp³-hybridized carbons (Fsp3) is 0.222. The van der Waals surface area contributed by atoms with Crippen molar-refractivity contribution in [3.05, 3.63) is 53.1 Å². The molecule has 0 unspecified atom stereocenters. The van der Waals surface area contributed by atoms with E-state index in [9.17, 15) is 4.79 Å². The Labute approximate surface area is 155 Å². The van der Waals surface area contributed by atoms with Gasteiger partial charge in [-0.15, -0.1) is 11.8 Å². The molecule has 2 aromatic carbocycles. The molecule has 5 nitrogen and oxygen atoms in total. The Morgan fingerprint density at radius 3 is 2.84 bits per heavy atom. The number of carbonyl (C=O) groups is 1. The molecule has 0 atom stereocenters. The van der Waals surface area contributed by atoms with E-state index in [2.05, 4.69) is 10.5 Å². The third-order valence-corrected chi connectivity index (χ3v) is 4.67. The number of thioether (sulfide) groups is 1. The number of halogens is 1. The second-order valence-electron chi connectivity index (χ2n) is 5.22. The molecule has 0 aromatic heterocycles. The first-order valence-corrected chi connectivity index (χ1v) is 9.17. The standard InChI is InChI=1S/C18H17ClN2O3S/c19-14-4-6-15(7-5-14)25-11-8-17(22)21-20-12-13-2-1-3-16-18(13)24-10-9-23-16/h1-7,12H,8-11H2,(H,21,22)/b20-12-. The van der Waals surface area contributed by atoms with E-state index in [1.807, 2.05) is 42.5 Å². The molecule has 0 saturated carbocycles. The summed E-state index contributed by atoms with van der Waals surface area (Å²) in [6.45, 7) is 1.04. The number of ether oxygens (including phenoxy) is 2. The van der Waals surface area contributed by atoms with E-state index < -0.39 is 0 Å². The van der Waals surface area contributed by atoms with E-state index in [0.717, 1.165) is 10.5 Å². The van der Waals surface area contributed by atoms with Gasteiger partial charge in [0.25, 0.3) is 0 Å². The van der Waals surface area contributed by atoms with E-state index in [1.165, 1.54) is 0 Å². The predicted octanol–water partition coefficient (Wildman–Crippen LogP) is 3.74. The Balaban J connectivity index is 1.46. The van der Waals surface area contributed by atoms with E-state index in [-0.39, 0.29) is 5.91 Å². The Morgan fingerprint density at radius 2 is 2.00 bits per heavy atom. The zero-order chi connectivity index (χ0) is 17.5. The minimum Gasteiger partial charge on any atom is -0.486 e. The SMILES string of the molecule is O=C(CCSc1ccc(Cl)cc1)N/N=C\c1cccc2c1OCCO2. The van der Waals surface area contributed by atoms with Gasteiger partial charge >= 0.3 is 0 Å². The minimum absolute atomic E-state index is 0.139. The molecule has 1 aliphatic heterocycles. The maximum Gasteiger partial charge on any atom is 0.240 e. The number of rotatable bonds is 6. The van der Waals surface area contributed by atoms with Gasteiger partial charge in [0.2, 0.25) is 5.91 Å². The van der Waals surface area contributed by atoms with Gasteiger partial charge in [-0.1, -0.05) is 17.7 Å². The third kappa shape index (κ3) is 5.14. The fourth-order valence-electron chi connectivity index (χ4n) is 2.22. The maximum atomic E-state index is 11.9. The molecule has 0 spiro atoms. The summed E-state index contributed by atoms with van der Waals surface area (Å²) in [5.74, 6) is 1.88. The molecule has 0 fully saturated rings. The van der Waals surface area contributed by atoms with E-state index in [0.29, 0.717) is 41.9 Å². The van der Waals surface area contributed by atoms with Crippen LogP contribution in [0, 0.1) is 0 Å². The predicted molar refractivity (Wildman–Crippen MR) is 100.0 cm³/mol. The summed E-state index contributed by atoms with van der Waals surface area (Å²) in [6, 6.07) is 13.1. The number of nitrogens with zero attached hydrogens (tertiary/aromatic N) is 1. The van der Waals surface area contributed by atoms with Crippen LogP contribution >= 0.6 is 23.4 Å². The maximum absolute atomic E-state index is 11.9. The van der Waals surface area contributed by atoms with Crippen molar-refractivity contribution in [1.82, 2.24) is 5.43 Å². The van der Waals surface area contributed by atoms with Crippen LogP contribution in [0.1, 0.15) is 12.0 Å². The number of hydrazone groups is 1.